The number of carbonyl (C=O) groups is 2. The first-order valence-corrected chi connectivity index (χ1v) is 6.57. The van der Waals surface area contributed by atoms with Gasteiger partial charge in [-0.15, -0.1) is 10.2 Å². The molecule has 1 atom stereocenters. The van der Waals surface area contributed by atoms with Gasteiger partial charge in [0, 0.05) is 12.0 Å². The van der Waals surface area contributed by atoms with E-state index in [2.05, 4.69) is 10.2 Å². The number of hydrogen-bond acceptors (Lipinski definition) is 4. The van der Waals surface area contributed by atoms with Gasteiger partial charge in [0.25, 0.3) is 0 Å². The molecule has 0 fully saturated rings. The van der Waals surface area contributed by atoms with E-state index in [1.54, 1.807) is 0 Å². The number of benzene rings is 1. The number of nitrogens with one attached hydrogen (secondary N) is 1. The summed E-state index contributed by atoms with van der Waals surface area (Å²) in [5.74, 6) is -4.15. The van der Waals surface area contributed by atoms with Crippen LogP contribution in [0.4, 0.5) is 26.3 Å². The van der Waals surface area contributed by atoms with Crippen LogP contribution in [-0.2, 0) is 21.7 Å². The largest absolute Gasteiger partial charge is 0.480 e. The fourth-order valence-electron chi connectivity index (χ4n) is 1.99. The standard InChI is InChI=1S/C13H9F6N3O3/c14-12(15,16)10(25)20-8(9(23)24)5-6-1-3-7(4-2-6)11(21-22-11)13(17,18)19/h1-4,8H,5H2,(H,20,25)(H,23,24). The first kappa shape index (κ1) is 18.7. The van der Waals surface area contributed by atoms with E-state index in [4.69, 9.17) is 5.11 Å². The molecule has 0 saturated heterocycles. The summed E-state index contributed by atoms with van der Waals surface area (Å²) in [7, 11) is 0. The summed E-state index contributed by atoms with van der Waals surface area (Å²) >= 11 is 0. The Kier molecular flexibility index (Phi) is 4.49. The zero-order valence-electron chi connectivity index (χ0n) is 12.0. The average molecular weight is 369 g/mol. The molecule has 0 saturated carbocycles. The highest BCUT2D eigenvalue weighted by atomic mass is 19.4. The van der Waals surface area contributed by atoms with E-state index in [1.807, 2.05) is 0 Å². The number of carbonyl (C=O) groups excluding carboxylic acids is 1. The molecule has 2 rings (SSSR count). The number of amides is 1. The summed E-state index contributed by atoms with van der Waals surface area (Å²) in [5, 5.41) is 16.2. The summed E-state index contributed by atoms with van der Waals surface area (Å²) < 4.78 is 75.0. The maximum Gasteiger partial charge on any atom is 0.471 e. The van der Waals surface area contributed by atoms with Gasteiger partial charge in [-0.2, -0.15) is 26.3 Å². The lowest BCUT2D eigenvalue weighted by Gasteiger charge is -2.17. The second-order valence-corrected chi connectivity index (χ2v) is 5.13. The van der Waals surface area contributed by atoms with Gasteiger partial charge < -0.3 is 10.4 Å². The Balaban J connectivity index is 2.11. The first-order chi connectivity index (χ1) is 11.4. The van der Waals surface area contributed by atoms with Crippen molar-refractivity contribution in [3.05, 3.63) is 35.4 Å². The predicted molar refractivity (Wildman–Crippen MR) is 68.4 cm³/mol. The lowest BCUT2D eigenvalue weighted by molar-refractivity contribution is -0.175. The molecule has 6 nitrogen and oxygen atoms in total. The molecule has 136 valence electrons. The summed E-state index contributed by atoms with van der Waals surface area (Å²) in [4.78, 5) is 21.8. The van der Waals surface area contributed by atoms with Crippen LogP contribution in [0.3, 0.4) is 0 Å². The molecule has 25 heavy (non-hydrogen) atoms. The number of carboxylic acids is 1. The Morgan fingerprint density at radius 2 is 1.60 bits per heavy atom. The molecule has 1 aromatic carbocycles. The van der Waals surface area contributed by atoms with Crippen molar-refractivity contribution < 1.29 is 41.0 Å². The zero-order valence-corrected chi connectivity index (χ0v) is 12.0. The van der Waals surface area contributed by atoms with Crippen molar-refractivity contribution in [3.63, 3.8) is 0 Å². The van der Waals surface area contributed by atoms with E-state index >= 15 is 0 Å². The highest BCUT2D eigenvalue weighted by Gasteiger charge is 2.65. The number of hydrogen-bond donors (Lipinski definition) is 2. The van der Waals surface area contributed by atoms with Crippen LogP contribution >= 0.6 is 0 Å². The Morgan fingerprint density at radius 1 is 1.08 bits per heavy atom. The Bertz CT molecular complexity index is 705. The van der Waals surface area contributed by atoms with Crippen molar-refractivity contribution in [2.45, 2.75) is 30.5 Å². The van der Waals surface area contributed by atoms with Crippen LogP contribution in [0.25, 0.3) is 0 Å². The number of rotatable bonds is 5. The highest BCUT2D eigenvalue weighted by molar-refractivity contribution is 5.87. The van der Waals surface area contributed by atoms with Gasteiger partial charge in [0.1, 0.15) is 6.04 Å². The maximum absolute atomic E-state index is 12.8. The predicted octanol–water partition coefficient (Wildman–Crippen LogP) is 2.54. The van der Waals surface area contributed by atoms with Crippen LogP contribution < -0.4 is 5.32 Å². The molecule has 12 heteroatoms. The molecule has 1 aromatic rings. The van der Waals surface area contributed by atoms with Crippen LogP contribution in [0, 0.1) is 0 Å². The Morgan fingerprint density at radius 3 is 1.96 bits per heavy atom. The molecule has 1 amide bonds. The summed E-state index contributed by atoms with van der Waals surface area (Å²) in [5.41, 5.74) is -2.85. The van der Waals surface area contributed by atoms with Gasteiger partial charge >= 0.3 is 29.9 Å². The molecule has 0 aliphatic carbocycles. The van der Waals surface area contributed by atoms with Gasteiger partial charge in [0.15, 0.2) is 0 Å². The minimum atomic E-state index is -5.26. The van der Waals surface area contributed by atoms with Gasteiger partial charge in [0.2, 0.25) is 0 Å². The number of alkyl halides is 6. The molecule has 1 heterocycles. The second kappa shape index (κ2) is 6.01. The number of aliphatic carboxylic acids is 1. The average Bonchev–Trinajstić information content (AvgIpc) is 3.27. The third-order valence-corrected chi connectivity index (χ3v) is 3.35. The summed E-state index contributed by atoms with van der Waals surface area (Å²) in [6.07, 6.45) is -10.5. The molecule has 1 unspecified atom stereocenters. The van der Waals surface area contributed by atoms with Crippen molar-refractivity contribution in [1.82, 2.24) is 5.32 Å². The normalized spacial score (nSPS) is 17.0. The molecular formula is C13H9F6N3O3. The molecule has 0 aromatic heterocycles. The smallest absolute Gasteiger partial charge is 0.471 e. The molecule has 0 spiro atoms. The topological polar surface area (TPSA) is 91.1 Å². The first-order valence-electron chi connectivity index (χ1n) is 6.57. The van der Waals surface area contributed by atoms with Crippen molar-refractivity contribution >= 4 is 11.9 Å². The number of halogens is 6. The van der Waals surface area contributed by atoms with Crippen LogP contribution in [0.1, 0.15) is 11.1 Å². The fraction of sp³-hybridized carbons (Fsp3) is 0.385. The van der Waals surface area contributed by atoms with Crippen molar-refractivity contribution in [2.75, 3.05) is 0 Å². The lowest BCUT2D eigenvalue weighted by atomic mass is 9.98. The van der Waals surface area contributed by atoms with Gasteiger partial charge in [-0.05, 0) is 5.56 Å². The third kappa shape index (κ3) is 3.88. The number of nitrogens with zero attached hydrogens (tertiary/aromatic N) is 2. The van der Waals surface area contributed by atoms with E-state index in [1.165, 1.54) is 5.32 Å². The van der Waals surface area contributed by atoms with E-state index < -0.39 is 42.4 Å². The minimum absolute atomic E-state index is 0.108. The van der Waals surface area contributed by atoms with Crippen molar-refractivity contribution in [2.24, 2.45) is 10.2 Å². The third-order valence-electron chi connectivity index (χ3n) is 3.35. The molecule has 0 radical (unpaired) electrons. The quantitative estimate of drug-likeness (QED) is 0.782. The van der Waals surface area contributed by atoms with Gasteiger partial charge in [-0.1, -0.05) is 24.3 Å². The minimum Gasteiger partial charge on any atom is -0.480 e. The molecule has 1 aliphatic rings. The molecular weight excluding hydrogens is 360 g/mol. The Labute approximate surface area is 135 Å². The maximum atomic E-state index is 12.8. The molecule has 2 N–H and O–H groups in total. The van der Waals surface area contributed by atoms with E-state index in [0.717, 1.165) is 24.3 Å². The number of carboxylic acid groups (broad SMARTS) is 1. The fourth-order valence-corrected chi connectivity index (χ4v) is 1.99. The van der Waals surface area contributed by atoms with Crippen molar-refractivity contribution in [3.8, 4) is 0 Å². The van der Waals surface area contributed by atoms with E-state index in [0.29, 0.717) is 0 Å². The molecule has 0 bridgehead atoms. The van der Waals surface area contributed by atoms with E-state index in [9.17, 15) is 35.9 Å². The Hall–Kier alpha value is -2.66. The van der Waals surface area contributed by atoms with Gasteiger partial charge in [-0.3, -0.25) is 4.79 Å². The summed E-state index contributed by atoms with van der Waals surface area (Å²) in [6, 6.07) is 2.29. The van der Waals surface area contributed by atoms with Crippen LogP contribution in [0.5, 0.6) is 0 Å². The lowest BCUT2D eigenvalue weighted by Crippen LogP contribution is -2.47. The molecule has 1 aliphatic heterocycles. The van der Waals surface area contributed by atoms with Gasteiger partial charge in [0.05, 0.1) is 0 Å². The van der Waals surface area contributed by atoms with Crippen LogP contribution in [0.15, 0.2) is 34.5 Å². The van der Waals surface area contributed by atoms with Gasteiger partial charge in [-0.25, -0.2) is 4.79 Å². The monoisotopic (exact) mass is 369 g/mol. The zero-order chi connectivity index (χ0) is 19.0. The SMILES string of the molecule is O=C(O)C(Cc1ccc(C2(C(F)(F)F)N=N2)cc1)NC(=O)C(F)(F)F. The van der Waals surface area contributed by atoms with Crippen LogP contribution in [0.2, 0.25) is 0 Å². The van der Waals surface area contributed by atoms with Crippen molar-refractivity contribution in [1.29, 1.82) is 0 Å². The highest BCUT2D eigenvalue weighted by Crippen LogP contribution is 2.52. The summed E-state index contributed by atoms with van der Waals surface area (Å²) in [6.45, 7) is 0. The van der Waals surface area contributed by atoms with E-state index in [-0.39, 0.29) is 11.1 Å². The van der Waals surface area contributed by atoms with Crippen LogP contribution in [-0.4, -0.2) is 35.4 Å². The second-order valence-electron chi connectivity index (χ2n) is 5.13.